The maximum atomic E-state index is 12.5. The zero-order chi connectivity index (χ0) is 12.6. The maximum Gasteiger partial charge on any atom is 0.374 e. The lowest BCUT2D eigenvalue weighted by Gasteiger charge is -1.91. The van der Waals surface area contributed by atoms with Crippen molar-refractivity contribution in [1.29, 1.82) is 0 Å². The van der Waals surface area contributed by atoms with E-state index in [0.29, 0.717) is 0 Å². The Balaban J connectivity index is 2.55. The molecule has 0 aromatic carbocycles. The first-order chi connectivity index (χ1) is 8.00. The first-order valence-corrected chi connectivity index (χ1v) is 5.05. The predicted octanol–water partition coefficient (Wildman–Crippen LogP) is 3.33. The molecular formula is C9H4BrF2NO4. The Morgan fingerprint density at radius 3 is 2.65 bits per heavy atom. The number of furan rings is 1. The largest absolute Gasteiger partial charge is 0.475 e. The smallest absolute Gasteiger partial charge is 0.374 e. The van der Waals surface area contributed by atoms with Crippen LogP contribution in [0.25, 0.3) is 11.5 Å². The molecule has 2 aromatic heterocycles. The van der Waals surface area contributed by atoms with Gasteiger partial charge in [0.25, 0.3) is 6.43 Å². The van der Waals surface area contributed by atoms with Crippen LogP contribution in [-0.4, -0.2) is 16.1 Å². The van der Waals surface area contributed by atoms with E-state index in [-0.39, 0.29) is 16.1 Å². The van der Waals surface area contributed by atoms with Crippen molar-refractivity contribution >= 4 is 21.9 Å². The summed E-state index contributed by atoms with van der Waals surface area (Å²) in [5.74, 6) is -2.71. The third-order valence-corrected chi connectivity index (χ3v) is 2.52. The number of alkyl halides is 2. The molecule has 0 unspecified atom stereocenters. The van der Waals surface area contributed by atoms with Crippen LogP contribution in [-0.2, 0) is 0 Å². The highest BCUT2D eigenvalue weighted by atomic mass is 79.9. The lowest BCUT2D eigenvalue weighted by Crippen LogP contribution is -1.99. The molecule has 17 heavy (non-hydrogen) atoms. The van der Waals surface area contributed by atoms with Gasteiger partial charge < -0.3 is 13.9 Å². The van der Waals surface area contributed by atoms with Crippen LogP contribution in [0.1, 0.15) is 22.7 Å². The Kier molecular flexibility index (Phi) is 2.97. The fourth-order valence-electron chi connectivity index (χ4n) is 1.19. The van der Waals surface area contributed by atoms with E-state index in [1.807, 2.05) is 0 Å². The van der Waals surface area contributed by atoms with Crippen molar-refractivity contribution in [3.63, 3.8) is 0 Å². The molecule has 2 aromatic rings. The van der Waals surface area contributed by atoms with Crippen LogP contribution in [0.15, 0.2) is 25.8 Å². The first kappa shape index (κ1) is 11.8. The van der Waals surface area contributed by atoms with Crippen molar-refractivity contribution in [3.8, 4) is 11.5 Å². The molecule has 0 atom stereocenters. The summed E-state index contributed by atoms with van der Waals surface area (Å²) in [6.07, 6.45) is -1.74. The fraction of sp³-hybridized carbons (Fsp3) is 0.111. The van der Waals surface area contributed by atoms with Crippen LogP contribution in [0.5, 0.6) is 0 Å². The number of carboxylic acids is 1. The number of halogens is 3. The van der Waals surface area contributed by atoms with Crippen LogP contribution >= 0.6 is 15.9 Å². The van der Waals surface area contributed by atoms with E-state index in [9.17, 15) is 13.6 Å². The third kappa shape index (κ3) is 2.07. The van der Waals surface area contributed by atoms with Crippen molar-refractivity contribution in [1.82, 2.24) is 4.98 Å². The van der Waals surface area contributed by atoms with Crippen LogP contribution in [0.4, 0.5) is 8.78 Å². The minimum Gasteiger partial charge on any atom is -0.475 e. The van der Waals surface area contributed by atoms with Gasteiger partial charge in [0.2, 0.25) is 11.7 Å². The number of carbonyl (C=O) groups is 1. The summed E-state index contributed by atoms with van der Waals surface area (Å²) in [7, 11) is 0. The Morgan fingerprint density at radius 2 is 2.24 bits per heavy atom. The number of carboxylic acid groups (broad SMARTS) is 1. The average Bonchev–Trinajstić information content (AvgIpc) is 2.82. The van der Waals surface area contributed by atoms with Gasteiger partial charge in [0.1, 0.15) is 0 Å². The highest BCUT2D eigenvalue weighted by Crippen LogP contribution is 2.32. The summed E-state index contributed by atoms with van der Waals surface area (Å²) in [5, 5.41) is 8.69. The molecule has 90 valence electrons. The van der Waals surface area contributed by atoms with E-state index in [2.05, 4.69) is 20.9 Å². The topological polar surface area (TPSA) is 76.5 Å². The summed E-state index contributed by atoms with van der Waals surface area (Å²) in [4.78, 5) is 14.1. The number of hydrogen-bond acceptors (Lipinski definition) is 4. The summed E-state index contributed by atoms with van der Waals surface area (Å²) >= 11 is 3.01. The number of aromatic nitrogens is 1. The number of nitrogens with zero attached hydrogens (tertiary/aromatic N) is 1. The first-order valence-electron chi connectivity index (χ1n) is 4.26. The summed E-state index contributed by atoms with van der Waals surface area (Å²) in [5.41, 5.74) is -0.639. The quantitative estimate of drug-likeness (QED) is 0.941. The predicted molar refractivity (Wildman–Crippen MR) is 53.8 cm³/mol. The Labute approximate surface area is 101 Å². The molecule has 1 N–H and O–H groups in total. The van der Waals surface area contributed by atoms with Gasteiger partial charge in [-0.25, -0.2) is 18.6 Å². The molecule has 0 spiro atoms. The Morgan fingerprint density at radius 1 is 1.53 bits per heavy atom. The molecule has 0 saturated heterocycles. The molecule has 0 fully saturated rings. The molecule has 0 amide bonds. The molecule has 0 aliphatic carbocycles. The Bertz CT molecular complexity index is 563. The number of hydrogen-bond donors (Lipinski definition) is 1. The van der Waals surface area contributed by atoms with Crippen molar-refractivity contribution in [2.75, 3.05) is 0 Å². The molecule has 0 radical (unpaired) electrons. The molecule has 2 heterocycles. The molecule has 0 saturated carbocycles. The van der Waals surface area contributed by atoms with Crippen molar-refractivity contribution in [2.24, 2.45) is 0 Å². The molecule has 0 aliphatic heterocycles. The number of oxazole rings is 1. The van der Waals surface area contributed by atoms with E-state index >= 15 is 0 Å². The monoisotopic (exact) mass is 307 g/mol. The van der Waals surface area contributed by atoms with Gasteiger partial charge in [-0.15, -0.1) is 0 Å². The second-order valence-electron chi connectivity index (χ2n) is 2.95. The highest BCUT2D eigenvalue weighted by Gasteiger charge is 2.27. The number of rotatable bonds is 3. The molecule has 8 heteroatoms. The molecule has 0 bridgehead atoms. The van der Waals surface area contributed by atoms with Crippen LogP contribution in [0.2, 0.25) is 0 Å². The second kappa shape index (κ2) is 4.28. The second-order valence-corrected chi connectivity index (χ2v) is 3.67. The van der Waals surface area contributed by atoms with Gasteiger partial charge >= 0.3 is 5.97 Å². The number of aromatic carboxylic acids is 1. The highest BCUT2D eigenvalue weighted by molar-refractivity contribution is 9.10. The average molecular weight is 308 g/mol. The van der Waals surface area contributed by atoms with E-state index in [1.54, 1.807) is 0 Å². The van der Waals surface area contributed by atoms with Crippen LogP contribution < -0.4 is 0 Å². The fourth-order valence-corrected chi connectivity index (χ4v) is 1.60. The van der Waals surface area contributed by atoms with Gasteiger partial charge in [-0.2, -0.15) is 0 Å². The SMILES string of the molecule is O=C(O)c1oc(-c2ccoc2Br)nc1C(F)F. The van der Waals surface area contributed by atoms with Gasteiger partial charge in [0.05, 0.1) is 11.8 Å². The maximum absolute atomic E-state index is 12.5. The van der Waals surface area contributed by atoms with E-state index in [1.165, 1.54) is 12.3 Å². The normalized spacial score (nSPS) is 11.1. The molecule has 5 nitrogen and oxygen atoms in total. The van der Waals surface area contributed by atoms with Crippen molar-refractivity contribution < 1.29 is 27.5 Å². The van der Waals surface area contributed by atoms with Gasteiger partial charge in [-0.3, -0.25) is 0 Å². The molecular weight excluding hydrogens is 304 g/mol. The molecule has 0 aliphatic rings. The Hall–Kier alpha value is -1.70. The minimum atomic E-state index is -3.02. The van der Waals surface area contributed by atoms with Crippen LogP contribution in [0.3, 0.4) is 0 Å². The zero-order valence-corrected chi connectivity index (χ0v) is 9.57. The summed E-state index contributed by atoms with van der Waals surface area (Å²) < 4.78 is 34.9. The summed E-state index contributed by atoms with van der Waals surface area (Å²) in [6.45, 7) is 0. The van der Waals surface area contributed by atoms with E-state index in [4.69, 9.17) is 13.9 Å². The van der Waals surface area contributed by atoms with Gasteiger partial charge in [0.15, 0.2) is 10.4 Å². The molecule has 2 rings (SSSR count). The lowest BCUT2D eigenvalue weighted by atomic mass is 10.3. The van der Waals surface area contributed by atoms with Gasteiger partial charge in [-0.1, -0.05) is 0 Å². The van der Waals surface area contributed by atoms with E-state index in [0.717, 1.165) is 0 Å². The lowest BCUT2D eigenvalue weighted by molar-refractivity contribution is 0.0647. The summed E-state index contributed by atoms with van der Waals surface area (Å²) in [6, 6.07) is 1.41. The standard InChI is InChI=1S/C9H4BrF2NO4/c10-6-3(1-2-16-6)8-13-4(7(11)12)5(17-8)9(14)15/h1-2,7H,(H,14,15). The van der Waals surface area contributed by atoms with E-state index < -0.39 is 23.8 Å². The van der Waals surface area contributed by atoms with Gasteiger partial charge in [-0.05, 0) is 22.0 Å². The van der Waals surface area contributed by atoms with Crippen molar-refractivity contribution in [3.05, 3.63) is 28.5 Å². The third-order valence-electron chi connectivity index (χ3n) is 1.90. The van der Waals surface area contributed by atoms with Crippen molar-refractivity contribution in [2.45, 2.75) is 6.43 Å². The van der Waals surface area contributed by atoms with Crippen LogP contribution in [0, 0.1) is 0 Å². The van der Waals surface area contributed by atoms with Gasteiger partial charge in [0, 0.05) is 0 Å². The zero-order valence-electron chi connectivity index (χ0n) is 7.99. The minimum absolute atomic E-state index is 0.219.